The minimum Gasteiger partial charge on any atom is -0.481 e. The number of hydrogen-bond acceptors (Lipinski definition) is 5. The van der Waals surface area contributed by atoms with Crippen molar-refractivity contribution in [3.05, 3.63) is 28.7 Å². The SMILES string of the molecule is O=NC(=O)c1cccc2c1OC(C1CN3CCC1CC3)C=N2. The maximum Gasteiger partial charge on any atom is 0.320 e. The molecule has 22 heavy (non-hydrogen) atoms. The highest BCUT2D eigenvalue weighted by molar-refractivity contribution is 5.99. The highest BCUT2D eigenvalue weighted by Gasteiger charge is 2.40. The zero-order valence-corrected chi connectivity index (χ0v) is 12.1. The van der Waals surface area contributed by atoms with Crippen LogP contribution in [0.1, 0.15) is 23.2 Å². The van der Waals surface area contributed by atoms with Gasteiger partial charge in [0.25, 0.3) is 0 Å². The molecule has 6 heteroatoms. The second kappa shape index (κ2) is 5.28. The molecular weight excluding hydrogens is 282 g/mol. The predicted molar refractivity (Wildman–Crippen MR) is 81.8 cm³/mol. The van der Waals surface area contributed by atoms with Crippen LogP contribution in [0.25, 0.3) is 0 Å². The Kier molecular flexibility index (Phi) is 3.26. The van der Waals surface area contributed by atoms with Gasteiger partial charge in [-0.1, -0.05) is 6.07 Å². The Labute approximate surface area is 128 Å². The van der Waals surface area contributed by atoms with Gasteiger partial charge in [0.05, 0.1) is 5.56 Å². The Morgan fingerprint density at radius 2 is 2.14 bits per heavy atom. The lowest BCUT2D eigenvalue weighted by Crippen LogP contribution is -2.53. The van der Waals surface area contributed by atoms with Crippen LogP contribution in [-0.4, -0.2) is 42.8 Å². The van der Waals surface area contributed by atoms with E-state index in [1.807, 2.05) is 6.21 Å². The van der Waals surface area contributed by atoms with Crippen LogP contribution in [0.5, 0.6) is 5.75 Å². The summed E-state index contributed by atoms with van der Waals surface area (Å²) in [7, 11) is 0. The minimum atomic E-state index is -0.804. The molecule has 4 heterocycles. The van der Waals surface area contributed by atoms with Gasteiger partial charge >= 0.3 is 5.91 Å². The summed E-state index contributed by atoms with van der Waals surface area (Å²) in [6.07, 6.45) is 4.10. The summed E-state index contributed by atoms with van der Waals surface area (Å²) in [5.74, 6) is 0.638. The summed E-state index contributed by atoms with van der Waals surface area (Å²) in [6.45, 7) is 3.35. The number of ether oxygens (including phenoxy) is 1. The fraction of sp³-hybridized carbons (Fsp3) is 0.500. The van der Waals surface area contributed by atoms with Crippen LogP contribution in [0, 0.1) is 16.7 Å². The Morgan fingerprint density at radius 1 is 1.32 bits per heavy atom. The van der Waals surface area contributed by atoms with Crippen LogP contribution >= 0.6 is 0 Å². The molecule has 1 aromatic rings. The smallest absolute Gasteiger partial charge is 0.320 e. The van der Waals surface area contributed by atoms with E-state index in [9.17, 15) is 9.70 Å². The molecule has 114 valence electrons. The molecule has 4 aliphatic heterocycles. The number of hydrogen-bond donors (Lipinski definition) is 0. The molecule has 4 aliphatic rings. The number of nitrogens with zero attached hydrogens (tertiary/aromatic N) is 3. The summed E-state index contributed by atoms with van der Waals surface area (Å²) >= 11 is 0. The average Bonchev–Trinajstić information content (AvgIpc) is 2.61. The number of piperidine rings is 3. The van der Waals surface area contributed by atoms with E-state index < -0.39 is 5.91 Å². The first kappa shape index (κ1) is 13.6. The number of carbonyl (C=O) groups excluding carboxylic acids is 1. The van der Waals surface area contributed by atoms with Gasteiger partial charge in [-0.25, -0.2) is 0 Å². The highest BCUT2D eigenvalue weighted by Crippen LogP contribution is 2.40. The van der Waals surface area contributed by atoms with Crippen molar-refractivity contribution >= 4 is 17.8 Å². The maximum atomic E-state index is 11.7. The van der Waals surface area contributed by atoms with Gasteiger partial charge < -0.3 is 9.64 Å². The zero-order valence-electron chi connectivity index (χ0n) is 12.1. The lowest BCUT2D eigenvalue weighted by Gasteiger charge is -2.47. The fourth-order valence-corrected chi connectivity index (χ4v) is 3.87. The van der Waals surface area contributed by atoms with Gasteiger partial charge in [-0.3, -0.25) is 9.79 Å². The Hall–Kier alpha value is -2.08. The monoisotopic (exact) mass is 299 g/mol. The number of amides is 1. The van der Waals surface area contributed by atoms with E-state index in [1.54, 1.807) is 18.2 Å². The van der Waals surface area contributed by atoms with Crippen LogP contribution in [0.2, 0.25) is 0 Å². The third-order valence-electron chi connectivity index (χ3n) is 5.05. The van der Waals surface area contributed by atoms with Gasteiger partial charge in [0.1, 0.15) is 11.8 Å². The first-order valence-corrected chi connectivity index (χ1v) is 7.70. The van der Waals surface area contributed by atoms with Gasteiger partial charge in [0.2, 0.25) is 0 Å². The average molecular weight is 299 g/mol. The van der Waals surface area contributed by atoms with E-state index in [0.717, 1.165) is 6.54 Å². The third-order valence-corrected chi connectivity index (χ3v) is 5.05. The molecule has 2 bridgehead atoms. The summed E-state index contributed by atoms with van der Waals surface area (Å²) in [5, 5.41) is 2.51. The molecular formula is C16H17N3O3. The standard InChI is InChI=1S/C16H17N3O3/c20-16(18-21)11-2-1-3-13-15(11)22-14(8-17-13)12-9-19-6-4-10(12)5-7-19/h1-3,8,10,12,14H,4-7,9H2. The molecule has 0 aliphatic carbocycles. The molecule has 0 aromatic heterocycles. The predicted octanol–water partition coefficient (Wildman–Crippen LogP) is 2.40. The van der Waals surface area contributed by atoms with Gasteiger partial charge in [-0.15, -0.1) is 4.91 Å². The van der Waals surface area contributed by atoms with E-state index in [2.05, 4.69) is 15.1 Å². The van der Waals surface area contributed by atoms with E-state index in [1.165, 1.54) is 25.9 Å². The third kappa shape index (κ3) is 2.14. The number of nitroso groups, excluding NO2 is 1. The van der Waals surface area contributed by atoms with Crippen LogP contribution in [0.3, 0.4) is 0 Å². The van der Waals surface area contributed by atoms with Gasteiger partial charge in [-0.2, -0.15) is 0 Å². The van der Waals surface area contributed by atoms with Crippen molar-refractivity contribution in [3.8, 4) is 5.75 Å². The number of benzene rings is 1. The quantitative estimate of drug-likeness (QED) is 0.786. The molecule has 2 unspecified atom stereocenters. The van der Waals surface area contributed by atoms with E-state index in [0.29, 0.717) is 23.3 Å². The van der Waals surface area contributed by atoms with E-state index >= 15 is 0 Å². The molecule has 2 atom stereocenters. The van der Waals surface area contributed by atoms with Gasteiger partial charge in [0.15, 0.2) is 5.75 Å². The molecule has 0 N–H and O–H groups in total. The number of carbonyl (C=O) groups is 1. The lowest BCUT2D eigenvalue weighted by molar-refractivity contribution is 0.00884. The topological polar surface area (TPSA) is 71.3 Å². The second-order valence-corrected chi connectivity index (χ2v) is 6.21. The number of aliphatic imine (C=N–C) groups is 1. The normalized spacial score (nSPS) is 32.2. The van der Waals surface area contributed by atoms with Crippen LogP contribution < -0.4 is 4.74 Å². The molecule has 5 rings (SSSR count). The lowest BCUT2D eigenvalue weighted by atomic mass is 9.76. The fourth-order valence-electron chi connectivity index (χ4n) is 3.87. The van der Waals surface area contributed by atoms with Crippen molar-refractivity contribution in [1.29, 1.82) is 0 Å². The van der Waals surface area contributed by atoms with Crippen molar-refractivity contribution < 1.29 is 9.53 Å². The van der Waals surface area contributed by atoms with Crippen LogP contribution in [0.15, 0.2) is 28.4 Å². The Balaban J connectivity index is 1.64. The van der Waals surface area contributed by atoms with Crippen molar-refractivity contribution in [2.75, 3.05) is 19.6 Å². The number of rotatable bonds is 2. The second-order valence-electron chi connectivity index (χ2n) is 6.21. The first-order chi connectivity index (χ1) is 10.8. The minimum absolute atomic E-state index is 0.138. The Bertz CT molecular complexity index is 650. The highest BCUT2D eigenvalue weighted by atomic mass is 16.5. The molecule has 3 fully saturated rings. The summed E-state index contributed by atoms with van der Waals surface area (Å²) in [4.78, 5) is 29.2. The van der Waals surface area contributed by atoms with Crippen molar-refractivity contribution in [3.63, 3.8) is 0 Å². The number of para-hydroxylation sites is 1. The zero-order chi connectivity index (χ0) is 15.1. The first-order valence-electron chi connectivity index (χ1n) is 7.70. The molecule has 1 amide bonds. The molecule has 0 radical (unpaired) electrons. The summed E-state index contributed by atoms with van der Waals surface area (Å²) in [5.41, 5.74) is 0.794. The molecule has 6 nitrogen and oxygen atoms in total. The molecule has 3 saturated heterocycles. The maximum absolute atomic E-state index is 11.7. The Morgan fingerprint density at radius 3 is 2.82 bits per heavy atom. The van der Waals surface area contributed by atoms with Crippen molar-refractivity contribution in [2.45, 2.75) is 18.9 Å². The molecule has 1 aromatic carbocycles. The van der Waals surface area contributed by atoms with Crippen LogP contribution in [0.4, 0.5) is 5.69 Å². The van der Waals surface area contributed by atoms with Gasteiger partial charge in [0, 0.05) is 23.9 Å². The van der Waals surface area contributed by atoms with Gasteiger partial charge in [-0.05, 0) is 44.0 Å². The van der Waals surface area contributed by atoms with Crippen molar-refractivity contribution in [2.24, 2.45) is 22.0 Å². The summed E-state index contributed by atoms with van der Waals surface area (Å²) in [6, 6.07) is 5.03. The van der Waals surface area contributed by atoms with E-state index in [-0.39, 0.29) is 11.7 Å². The molecule has 0 spiro atoms. The van der Waals surface area contributed by atoms with Crippen LogP contribution in [-0.2, 0) is 0 Å². The van der Waals surface area contributed by atoms with E-state index in [4.69, 9.17) is 4.74 Å². The number of fused-ring (bicyclic) bond motifs is 4. The largest absolute Gasteiger partial charge is 0.481 e. The van der Waals surface area contributed by atoms with Crippen molar-refractivity contribution in [1.82, 2.24) is 4.90 Å². The summed E-state index contributed by atoms with van der Waals surface area (Å²) < 4.78 is 6.08. The molecule has 0 saturated carbocycles.